The Labute approximate surface area is 222 Å². The van der Waals surface area contributed by atoms with E-state index >= 15 is 0 Å². The van der Waals surface area contributed by atoms with Crippen LogP contribution in [-0.2, 0) is 0 Å². The minimum absolute atomic E-state index is 0.929. The Bertz CT molecular complexity index is 2350. The summed E-state index contributed by atoms with van der Waals surface area (Å²) < 4.78 is 9.20. The zero-order valence-electron chi connectivity index (χ0n) is 20.4. The average molecular weight is 501 g/mol. The van der Waals surface area contributed by atoms with Crippen LogP contribution in [0.25, 0.3) is 85.6 Å². The van der Waals surface area contributed by atoms with E-state index in [0.29, 0.717) is 0 Å². The van der Waals surface area contributed by atoms with Crippen molar-refractivity contribution in [3.8, 4) is 11.1 Å². The summed E-state index contributed by atoms with van der Waals surface area (Å²) in [5.41, 5.74) is 4.31. The van der Waals surface area contributed by atoms with Gasteiger partial charge in [0.05, 0.1) is 0 Å². The van der Waals surface area contributed by atoms with E-state index in [4.69, 9.17) is 4.42 Å². The minimum atomic E-state index is 0.929. The molecular weight excluding hydrogens is 480 g/mol. The Hall–Kier alpha value is -4.66. The third-order valence-electron chi connectivity index (χ3n) is 8.03. The third-order valence-corrected chi connectivity index (χ3v) is 9.25. The van der Waals surface area contributed by atoms with Crippen molar-refractivity contribution in [3.05, 3.63) is 121 Å². The molecule has 0 saturated carbocycles. The lowest BCUT2D eigenvalue weighted by atomic mass is 9.91. The zero-order valence-corrected chi connectivity index (χ0v) is 21.2. The van der Waals surface area contributed by atoms with Crippen molar-refractivity contribution in [2.45, 2.75) is 0 Å². The van der Waals surface area contributed by atoms with Crippen LogP contribution in [0.15, 0.2) is 126 Å². The monoisotopic (exact) mass is 500 g/mol. The van der Waals surface area contributed by atoms with Crippen LogP contribution in [0.5, 0.6) is 0 Å². The zero-order chi connectivity index (χ0) is 24.8. The highest BCUT2D eigenvalue weighted by molar-refractivity contribution is 7.26. The molecule has 0 bridgehead atoms. The molecule has 2 heterocycles. The summed E-state index contributed by atoms with van der Waals surface area (Å²) in [5, 5.41) is 12.6. The molecule has 0 aliphatic heterocycles. The fraction of sp³-hybridized carbons (Fsp3) is 0. The molecule has 0 aliphatic carbocycles. The molecule has 2 aromatic heterocycles. The fourth-order valence-corrected chi connectivity index (χ4v) is 7.57. The number of rotatable bonds is 1. The number of benzene rings is 7. The molecule has 176 valence electrons. The van der Waals surface area contributed by atoms with E-state index < -0.39 is 0 Å². The Morgan fingerprint density at radius 3 is 1.89 bits per heavy atom. The second-order valence-electron chi connectivity index (χ2n) is 10.1. The molecule has 0 unspecified atom stereocenters. The largest absolute Gasteiger partial charge is 0.456 e. The summed E-state index contributed by atoms with van der Waals surface area (Å²) in [6.07, 6.45) is 0. The maximum absolute atomic E-state index is 6.52. The maximum atomic E-state index is 6.52. The van der Waals surface area contributed by atoms with E-state index in [1.807, 2.05) is 11.3 Å². The Balaban J connectivity index is 1.35. The molecule has 0 fully saturated rings. The van der Waals surface area contributed by atoms with Crippen molar-refractivity contribution < 1.29 is 4.42 Å². The van der Waals surface area contributed by atoms with E-state index in [2.05, 4.69) is 121 Å². The van der Waals surface area contributed by atoms with Gasteiger partial charge in [-0.15, -0.1) is 11.3 Å². The summed E-state index contributed by atoms with van der Waals surface area (Å²) in [6.45, 7) is 0. The van der Waals surface area contributed by atoms with Crippen molar-refractivity contribution in [2.75, 3.05) is 0 Å². The van der Waals surface area contributed by atoms with E-state index in [0.717, 1.165) is 11.2 Å². The molecule has 38 heavy (non-hydrogen) atoms. The Kier molecular flexibility index (Phi) is 3.99. The molecule has 0 N–H and O–H groups in total. The fourth-order valence-electron chi connectivity index (χ4n) is 6.34. The molecule has 0 spiro atoms. The van der Waals surface area contributed by atoms with Gasteiger partial charge in [0.25, 0.3) is 0 Å². The molecule has 0 radical (unpaired) electrons. The number of hydrogen-bond acceptors (Lipinski definition) is 2. The number of hydrogen-bond donors (Lipinski definition) is 0. The topological polar surface area (TPSA) is 13.1 Å². The quantitative estimate of drug-likeness (QED) is 0.204. The average Bonchev–Trinajstić information content (AvgIpc) is 3.54. The number of fused-ring (bicyclic) bond motifs is 11. The lowest BCUT2D eigenvalue weighted by molar-refractivity contribution is 0.669. The molecule has 0 atom stereocenters. The van der Waals surface area contributed by atoms with Crippen molar-refractivity contribution in [1.29, 1.82) is 0 Å². The van der Waals surface area contributed by atoms with Gasteiger partial charge in [-0.25, -0.2) is 0 Å². The molecule has 0 amide bonds. The summed E-state index contributed by atoms with van der Waals surface area (Å²) in [5.74, 6) is 0. The van der Waals surface area contributed by atoms with Crippen LogP contribution in [0, 0.1) is 0 Å². The second kappa shape index (κ2) is 7.44. The molecule has 9 rings (SSSR count). The summed E-state index contributed by atoms with van der Waals surface area (Å²) in [7, 11) is 0. The third kappa shape index (κ3) is 2.70. The molecule has 2 heteroatoms. The van der Waals surface area contributed by atoms with Crippen LogP contribution in [0.2, 0.25) is 0 Å². The maximum Gasteiger partial charge on any atom is 0.136 e. The highest BCUT2D eigenvalue weighted by Crippen LogP contribution is 2.44. The van der Waals surface area contributed by atoms with Gasteiger partial charge in [-0.1, -0.05) is 84.9 Å². The van der Waals surface area contributed by atoms with Gasteiger partial charge in [0.15, 0.2) is 0 Å². The predicted octanol–water partition coefficient (Wildman–Crippen LogP) is 11.1. The molecule has 0 aliphatic rings. The van der Waals surface area contributed by atoms with Gasteiger partial charge in [0.2, 0.25) is 0 Å². The molecular formula is C36H20OS. The van der Waals surface area contributed by atoms with Crippen molar-refractivity contribution in [3.63, 3.8) is 0 Å². The number of thiophene rings is 1. The molecule has 0 saturated heterocycles. The summed E-state index contributed by atoms with van der Waals surface area (Å²) in [6, 6.07) is 44.0. The Morgan fingerprint density at radius 1 is 0.447 bits per heavy atom. The van der Waals surface area contributed by atoms with Crippen LogP contribution >= 0.6 is 11.3 Å². The first-order valence-corrected chi connectivity index (χ1v) is 13.8. The van der Waals surface area contributed by atoms with E-state index in [1.165, 1.54) is 74.4 Å². The van der Waals surface area contributed by atoms with E-state index in [-0.39, 0.29) is 0 Å². The van der Waals surface area contributed by atoms with Crippen LogP contribution in [-0.4, -0.2) is 0 Å². The van der Waals surface area contributed by atoms with E-state index in [9.17, 15) is 0 Å². The van der Waals surface area contributed by atoms with Gasteiger partial charge < -0.3 is 4.42 Å². The summed E-state index contributed by atoms with van der Waals surface area (Å²) >= 11 is 1.88. The van der Waals surface area contributed by atoms with Gasteiger partial charge >= 0.3 is 0 Å². The van der Waals surface area contributed by atoms with Crippen molar-refractivity contribution in [1.82, 2.24) is 0 Å². The first-order chi connectivity index (χ1) is 18.8. The predicted molar refractivity (Wildman–Crippen MR) is 165 cm³/mol. The van der Waals surface area contributed by atoms with Gasteiger partial charge in [-0.3, -0.25) is 0 Å². The Morgan fingerprint density at radius 2 is 1.08 bits per heavy atom. The van der Waals surface area contributed by atoms with Crippen LogP contribution in [0.1, 0.15) is 0 Å². The SMILES string of the molecule is c1ccc2c(-c3ccc4c(c3)oc3ccc5c(ccc6c7ccccc7sc65)c34)c3ccccc3cc2c1. The van der Waals surface area contributed by atoms with Crippen LogP contribution < -0.4 is 0 Å². The van der Waals surface area contributed by atoms with Gasteiger partial charge in [-0.2, -0.15) is 0 Å². The van der Waals surface area contributed by atoms with Crippen molar-refractivity contribution in [2.24, 2.45) is 0 Å². The molecule has 9 aromatic rings. The lowest BCUT2D eigenvalue weighted by Gasteiger charge is -2.12. The minimum Gasteiger partial charge on any atom is -0.456 e. The first kappa shape index (κ1) is 20.4. The summed E-state index contributed by atoms with van der Waals surface area (Å²) in [4.78, 5) is 0. The highest BCUT2D eigenvalue weighted by Gasteiger charge is 2.16. The lowest BCUT2D eigenvalue weighted by Crippen LogP contribution is -1.85. The van der Waals surface area contributed by atoms with Gasteiger partial charge in [0.1, 0.15) is 11.2 Å². The van der Waals surface area contributed by atoms with Gasteiger partial charge in [0, 0.05) is 36.3 Å². The van der Waals surface area contributed by atoms with Gasteiger partial charge in [-0.05, 0) is 74.5 Å². The normalized spacial score (nSPS) is 12.2. The molecule has 7 aromatic carbocycles. The standard InChI is InChI=1S/C36H20OS/c1-3-9-24-21(7-1)19-22-8-2-4-10-25(22)34(24)23-13-14-30-32(20-23)37-31-18-17-29-27(35(30)31)15-16-28-26-11-5-6-12-33(26)38-36(28)29/h1-20H. The van der Waals surface area contributed by atoms with Crippen molar-refractivity contribution >= 4 is 85.8 Å². The first-order valence-electron chi connectivity index (χ1n) is 12.9. The molecule has 1 nitrogen and oxygen atoms in total. The van der Waals surface area contributed by atoms with Crippen LogP contribution in [0.3, 0.4) is 0 Å². The smallest absolute Gasteiger partial charge is 0.136 e. The number of furan rings is 1. The second-order valence-corrected chi connectivity index (χ2v) is 11.1. The van der Waals surface area contributed by atoms with E-state index in [1.54, 1.807) is 0 Å². The van der Waals surface area contributed by atoms with Crippen LogP contribution in [0.4, 0.5) is 0 Å². The highest BCUT2D eigenvalue weighted by atomic mass is 32.1.